The van der Waals surface area contributed by atoms with Gasteiger partial charge >= 0.3 is 0 Å². The van der Waals surface area contributed by atoms with Crippen LogP contribution in [0.25, 0.3) is 0 Å². The summed E-state index contributed by atoms with van der Waals surface area (Å²) in [5, 5.41) is 15.5. The van der Waals surface area contributed by atoms with E-state index in [1.54, 1.807) is 29.5 Å². The number of aryl methyl sites for hydroxylation is 1. The molecule has 108 valence electrons. The third kappa shape index (κ3) is 3.93. The van der Waals surface area contributed by atoms with E-state index in [0.29, 0.717) is 22.2 Å². The van der Waals surface area contributed by atoms with Crippen molar-refractivity contribution >= 4 is 34.5 Å². The number of aliphatic hydroxyl groups excluding tert-OH is 1. The fraction of sp³-hybridized carbons (Fsp3) is 0.357. The number of hydrogen-bond acceptors (Lipinski definition) is 4. The first-order valence-electron chi connectivity index (χ1n) is 6.26. The molecule has 1 aromatic heterocycles. The Labute approximate surface area is 132 Å². The normalized spacial score (nSPS) is 14.2. The lowest BCUT2D eigenvalue weighted by atomic mass is 10.1. The van der Waals surface area contributed by atoms with Crippen molar-refractivity contribution in [3.63, 3.8) is 0 Å². The van der Waals surface area contributed by atoms with Gasteiger partial charge in [0, 0.05) is 33.2 Å². The lowest BCUT2D eigenvalue weighted by Gasteiger charge is -2.17. The van der Waals surface area contributed by atoms with E-state index < -0.39 is 6.10 Å². The van der Waals surface area contributed by atoms with Crippen molar-refractivity contribution in [2.24, 2.45) is 0 Å². The van der Waals surface area contributed by atoms with Gasteiger partial charge in [-0.3, -0.25) is 0 Å². The van der Waals surface area contributed by atoms with Crippen molar-refractivity contribution < 1.29 is 5.11 Å². The van der Waals surface area contributed by atoms with Crippen LogP contribution >= 0.6 is 34.5 Å². The predicted octanol–water partition coefficient (Wildman–Crippen LogP) is 4.14. The number of halogens is 2. The number of thiazole rings is 1. The number of hydrogen-bond donors (Lipinski definition) is 2. The molecule has 0 fully saturated rings. The standard InChI is InChI=1S/C14H16Cl2N2OS/c1-8-6-18-14(20-8)9(2)17-7-13(19)11-5-10(15)3-4-12(11)16/h3-6,9,13,17,19H,7H2,1-2H3. The molecule has 0 spiro atoms. The molecule has 20 heavy (non-hydrogen) atoms. The summed E-state index contributed by atoms with van der Waals surface area (Å²) in [6, 6.07) is 5.17. The Hall–Kier alpha value is -0.650. The molecule has 2 rings (SSSR count). The molecule has 6 heteroatoms. The lowest BCUT2D eigenvalue weighted by molar-refractivity contribution is 0.171. The Bertz CT molecular complexity index is 588. The summed E-state index contributed by atoms with van der Waals surface area (Å²) < 4.78 is 0. The average molecular weight is 331 g/mol. The fourth-order valence-corrected chi connectivity index (χ4v) is 3.05. The van der Waals surface area contributed by atoms with Crippen LogP contribution < -0.4 is 5.32 Å². The van der Waals surface area contributed by atoms with Gasteiger partial charge in [-0.05, 0) is 32.0 Å². The molecule has 2 atom stereocenters. The molecule has 3 nitrogen and oxygen atoms in total. The van der Waals surface area contributed by atoms with E-state index in [1.807, 2.05) is 20.0 Å². The van der Waals surface area contributed by atoms with Crippen LogP contribution in [0.4, 0.5) is 0 Å². The summed E-state index contributed by atoms with van der Waals surface area (Å²) in [6.07, 6.45) is 1.15. The smallest absolute Gasteiger partial charge is 0.109 e. The summed E-state index contributed by atoms with van der Waals surface area (Å²) in [7, 11) is 0. The van der Waals surface area contributed by atoms with E-state index in [-0.39, 0.29) is 6.04 Å². The van der Waals surface area contributed by atoms with Gasteiger partial charge in [0.1, 0.15) is 5.01 Å². The van der Waals surface area contributed by atoms with Crippen molar-refractivity contribution in [2.45, 2.75) is 26.0 Å². The average Bonchev–Trinajstić information content (AvgIpc) is 2.85. The third-order valence-electron chi connectivity index (χ3n) is 2.94. The number of nitrogens with zero attached hydrogens (tertiary/aromatic N) is 1. The maximum atomic E-state index is 10.2. The van der Waals surface area contributed by atoms with Gasteiger partial charge in [0.25, 0.3) is 0 Å². The Balaban J connectivity index is 1.98. The molecule has 0 aliphatic carbocycles. The highest BCUT2D eigenvalue weighted by Gasteiger charge is 2.15. The van der Waals surface area contributed by atoms with Crippen LogP contribution in [0, 0.1) is 6.92 Å². The topological polar surface area (TPSA) is 45.2 Å². The SMILES string of the molecule is Cc1cnc(C(C)NCC(O)c2cc(Cl)ccc2Cl)s1. The molecule has 1 heterocycles. The maximum absolute atomic E-state index is 10.2. The largest absolute Gasteiger partial charge is 0.387 e. The van der Waals surface area contributed by atoms with Crippen LogP contribution in [0.1, 0.15) is 34.5 Å². The van der Waals surface area contributed by atoms with E-state index in [0.717, 1.165) is 5.01 Å². The second kappa shape index (κ2) is 6.87. The molecule has 2 unspecified atom stereocenters. The van der Waals surface area contributed by atoms with Crippen LogP contribution in [0.5, 0.6) is 0 Å². The van der Waals surface area contributed by atoms with E-state index in [4.69, 9.17) is 23.2 Å². The van der Waals surface area contributed by atoms with Gasteiger partial charge in [-0.25, -0.2) is 4.98 Å². The summed E-state index contributed by atoms with van der Waals surface area (Å²) in [5.41, 5.74) is 0.634. The Morgan fingerprint density at radius 3 is 2.80 bits per heavy atom. The number of rotatable bonds is 5. The Kier molecular flexibility index (Phi) is 5.41. The minimum Gasteiger partial charge on any atom is -0.387 e. The fourth-order valence-electron chi connectivity index (χ4n) is 1.83. The molecule has 2 N–H and O–H groups in total. The quantitative estimate of drug-likeness (QED) is 0.865. The number of aromatic nitrogens is 1. The van der Waals surface area contributed by atoms with Crippen molar-refractivity contribution in [3.8, 4) is 0 Å². The molecule has 2 aromatic rings. The molecule has 0 radical (unpaired) electrons. The van der Waals surface area contributed by atoms with Gasteiger partial charge in [-0.2, -0.15) is 0 Å². The van der Waals surface area contributed by atoms with Crippen LogP contribution in [-0.4, -0.2) is 16.6 Å². The van der Waals surface area contributed by atoms with E-state index in [2.05, 4.69) is 10.3 Å². The Morgan fingerprint density at radius 2 is 2.15 bits per heavy atom. The molecule has 1 aromatic carbocycles. The van der Waals surface area contributed by atoms with Crippen LogP contribution in [0.3, 0.4) is 0 Å². The van der Waals surface area contributed by atoms with Crippen molar-refractivity contribution in [1.29, 1.82) is 0 Å². The number of aliphatic hydroxyl groups is 1. The molecule has 0 bridgehead atoms. The second-order valence-electron chi connectivity index (χ2n) is 4.62. The number of benzene rings is 1. The second-order valence-corrected chi connectivity index (χ2v) is 6.73. The molecule has 0 amide bonds. The zero-order valence-electron chi connectivity index (χ0n) is 11.2. The first kappa shape index (κ1) is 15.7. The Morgan fingerprint density at radius 1 is 1.40 bits per heavy atom. The van der Waals surface area contributed by atoms with Crippen LogP contribution in [-0.2, 0) is 0 Å². The van der Waals surface area contributed by atoms with Crippen molar-refractivity contribution in [3.05, 3.63) is 49.9 Å². The van der Waals surface area contributed by atoms with E-state index in [1.165, 1.54) is 4.88 Å². The van der Waals surface area contributed by atoms with Gasteiger partial charge in [-0.1, -0.05) is 23.2 Å². The highest BCUT2D eigenvalue weighted by molar-refractivity contribution is 7.11. The lowest BCUT2D eigenvalue weighted by Crippen LogP contribution is -2.24. The zero-order chi connectivity index (χ0) is 14.7. The van der Waals surface area contributed by atoms with Gasteiger partial charge in [0.05, 0.1) is 12.1 Å². The molecule has 0 saturated heterocycles. The summed E-state index contributed by atoms with van der Waals surface area (Å²) >= 11 is 13.6. The molecular formula is C14H16Cl2N2OS. The number of nitrogens with one attached hydrogen (secondary N) is 1. The van der Waals surface area contributed by atoms with Crippen molar-refractivity contribution in [2.75, 3.05) is 6.54 Å². The maximum Gasteiger partial charge on any atom is 0.109 e. The monoisotopic (exact) mass is 330 g/mol. The third-order valence-corrected chi connectivity index (χ3v) is 4.62. The van der Waals surface area contributed by atoms with Gasteiger partial charge in [0.15, 0.2) is 0 Å². The summed E-state index contributed by atoms with van der Waals surface area (Å²) in [4.78, 5) is 5.50. The van der Waals surface area contributed by atoms with Gasteiger partial charge in [-0.15, -0.1) is 11.3 Å². The minimum atomic E-state index is -0.704. The van der Waals surface area contributed by atoms with Crippen LogP contribution in [0.2, 0.25) is 10.0 Å². The first-order valence-corrected chi connectivity index (χ1v) is 7.83. The highest BCUT2D eigenvalue weighted by atomic mass is 35.5. The molecule has 0 aliphatic rings. The molecular weight excluding hydrogens is 315 g/mol. The van der Waals surface area contributed by atoms with E-state index >= 15 is 0 Å². The minimum absolute atomic E-state index is 0.0845. The molecule has 0 saturated carbocycles. The van der Waals surface area contributed by atoms with E-state index in [9.17, 15) is 5.11 Å². The molecule has 0 aliphatic heterocycles. The van der Waals surface area contributed by atoms with Crippen LogP contribution in [0.15, 0.2) is 24.4 Å². The zero-order valence-corrected chi connectivity index (χ0v) is 13.6. The summed E-state index contributed by atoms with van der Waals surface area (Å²) in [6.45, 7) is 4.43. The summed E-state index contributed by atoms with van der Waals surface area (Å²) in [5.74, 6) is 0. The first-order chi connectivity index (χ1) is 9.47. The van der Waals surface area contributed by atoms with Gasteiger partial charge in [0.2, 0.25) is 0 Å². The highest BCUT2D eigenvalue weighted by Crippen LogP contribution is 2.27. The van der Waals surface area contributed by atoms with Crippen molar-refractivity contribution in [1.82, 2.24) is 10.3 Å². The predicted molar refractivity (Wildman–Crippen MR) is 84.7 cm³/mol. The van der Waals surface area contributed by atoms with Gasteiger partial charge < -0.3 is 10.4 Å².